The van der Waals surface area contributed by atoms with E-state index < -0.39 is 0 Å². The van der Waals surface area contributed by atoms with Gasteiger partial charge in [0.25, 0.3) is 0 Å². The lowest BCUT2D eigenvalue weighted by Gasteiger charge is -2.28. The summed E-state index contributed by atoms with van der Waals surface area (Å²) >= 11 is 3.28. The van der Waals surface area contributed by atoms with Crippen LogP contribution in [0.3, 0.4) is 0 Å². The molecule has 2 aliphatic heterocycles. The van der Waals surface area contributed by atoms with Crippen LogP contribution in [0.4, 0.5) is 5.95 Å². The van der Waals surface area contributed by atoms with E-state index >= 15 is 0 Å². The molecule has 2 aliphatic rings. The van der Waals surface area contributed by atoms with Gasteiger partial charge in [-0.05, 0) is 30.4 Å². The predicted octanol–water partition coefficient (Wildman–Crippen LogP) is 1.87. The monoisotopic (exact) mass is 393 g/mol. The molecule has 4 rings (SSSR count). The second-order valence-electron chi connectivity index (χ2n) is 6.35. The minimum Gasteiger partial charge on any atom is -0.378 e. The topological polar surface area (TPSA) is 63.5 Å². The van der Waals surface area contributed by atoms with Crippen LogP contribution in [0.2, 0.25) is 0 Å². The molecule has 9 heteroatoms. The number of ether oxygens (including phenoxy) is 1. The molecule has 0 saturated carbocycles. The summed E-state index contributed by atoms with van der Waals surface area (Å²) < 4.78 is 7.51. The third kappa shape index (κ3) is 3.60. The smallest absolute Gasteiger partial charge is 0.233 e. The molecule has 26 heavy (non-hydrogen) atoms. The van der Waals surface area contributed by atoms with E-state index in [1.165, 1.54) is 22.2 Å². The number of hydrogen-bond acceptors (Lipinski definition) is 7. The van der Waals surface area contributed by atoms with Gasteiger partial charge in [0.05, 0.1) is 19.0 Å². The Bertz CT molecular complexity index is 769. The number of aromatic nitrogens is 3. The summed E-state index contributed by atoms with van der Waals surface area (Å²) in [6, 6.07) is 2.13. The van der Waals surface area contributed by atoms with Crippen molar-refractivity contribution >= 4 is 35.0 Å². The number of carbonyl (C=O) groups excluding carboxylic acids is 1. The molecule has 0 radical (unpaired) electrons. The van der Waals surface area contributed by atoms with Crippen molar-refractivity contribution in [1.29, 1.82) is 0 Å². The molecule has 1 amide bonds. The highest BCUT2D eigenvalue weighted by atomic mass is 32.2. The average molecular weight is 394 g/mol. The molecule has 0 bridgehead atoms. The van der Waals surface area contributed by atoms with Crippen molar-refractivity contribution in [3.05, 3.63) is 21.9 Å². The van der Waals surface area contributed by atoms with Gasteiger partial charge >= 0.3 is 0 Å². The Labute approximate surface area is 161 Å². The fourth-order valence-corrected chi connectivity index (χ4v) is 5.13. The van der Waals surface area contributed by atoms with Crippen LogP contribution in [0.5, 0.6) is 0 Å². The summed E-state index contributed by atoms with van der Waals surface area (Å²) in [6.45, 7) is 7.52. The Balaban J connectivity index is 1.38. The molecule has 2 aromatic rings. The van der Waals surface area contributed by atoms with Gasteiger partial charge in [-0.1, -0.05) is 11.8 Å². The number of hydrogen-bond donors (Lipinski definition) is 0. The summed E-state index contributed by atoms with van der Waals surface area (Å²) in [5, 5.41) is 11.6. The minimum absolute atomic E-state index is 0.172. The number of carbonyl (C=O) groups is 1. The van der Waals surface area contributed by atoms with Crippen molar-refractivity contribution in [2.24, 2.45) is 0 Å². The Kier molecular flexibility index (Phi) is 5.46. The van der Waals surface area contributed by atoms with Crippen molar-refractivity contribution in [1.82, 2.24) is 19.7 Å². The summed E-state index contributed by atoms with van der Waals surface area (Å²) in [5.74, 6) is 1.46. The van der Waals surface area contributed by atoms with Gasteiger partial charge in [-0.25, -0.2) is 0 Å². The van der Waals surface area contributed by atoms with Crippen molar-refractivity contribution < 1.29 is 9.53 Å². The second kappa shape index (κ2) is 7.98. The number of fused-ring (bicyclic) bond motifs is 1. The number of morpholine rings is 1. The Hall–Kier alpha value is -1.58. The average Bonchev–Trinajstić information content (AvgIpc) is 3.32. The van der Waals surface area contributed by atoms with E-state index in [1.807, 2.05) is 4.90 Å². The summed E-state index contributed by atoms with van der Waals surface area (Å²) in [5.41, 5.74) is 1.30. The number of anilines is 1. The molecule has 2 aromatic heterocycles. The van der Waals surface area contributed by atoms with Crippen molar-refractivity contribution in [2.75, 3.05) is 43.5 Å². The summed E-state index contributed by atoms with van der Waals surface area (Å²) in [4.78, 5) is 18.2. The first-order valence-electron chi connectivity index (χ1n) is 8.98. The molecule has 0 unspecified atom stereocenters. The van der Waals surface area contributed by atoms with Gasteiger partial charge in [0.15, 0.2) is 5.16 Å². The fraction of sp³-hybridized carbons (Fsp3) is 0.588. The van der Waals surface area contributed by atoms with Gasteiger partial charge in [-0.15, -0.1) is 21.5 Å². The maximum Gasteiger partial charge on any atom is 0.233 e. The third-order valence-corrected chi connectivity index (χ3v) is 6.77. The van der Waals surface area contributed by atoms with E-state index in [4.69, 9.17) is 4.74 Å². The van der Waals surface area contributed by atoms with Crippen LogP contribution in [0.15, 0.2) is 16.6 Å². The highest BCUT2D eigenvalue weighted by Gasteiger charge is 2.23. The van der Waals surface area contributed by atoms with Gasteiger partial charge in [0.1, 0.15) is 0 Å². The van der Waals surface area contributed by atoms with Crippen molar-refractivity contribution in [2.45, 2.75) is 31.6 Å². The number of nitrogens with zero attached hydrogens (tertiary/aromatic N) is 5. The molecule has 4 heterocycles. The zero-order valence-electron chi connectivity index (χ0n) is 14.9. The molecular formula is C17H23N5O2S2. The van der Waals surface area contributed by atoms with Crippen LogP contribution < -0.4 is 4.90 Å². The first kappa shape index (κ1) is 17.8. The van der Waals surface area contributed by atoms with Crippen LogP contribution in [0.25, 0.3) is 0 Å². The Morgan fingerprint density at radius 3 is 2.96 bits per heavy atom. The van der Waals surface area contributed by atoms with E-state index in [0.29, 0.717) is 5.75 Å². The highest BCUT2D eigenvalue weighted by Crippen LogP contribution is 2.26. The predicted molar refractivity (Wildman–Crippen MR) is 103 cm³/mol. The van der Waals surface area contributed by atoms with E-state index in [0.717, 1.165) is 63.5 Å². The standard InChI is InChI=1S/C17H23N5O2S2/c1-2-22-16(20-6-8-24-9-7-20)18-19-17(22)26-12-15(23)21-5-3-14-13(11-21)4-10-25-14/h4,10H,2-3,5-9,11-12H2,1H3. The van der Waals surface area contributed by atoms with Gasteiger partial charge in [0, 0.05) is 37.6 Å². The van der Waals surface area contributed by atoms with Gasteiger partial charge in [-0.3, -0.25) is 9.36 Å². The lowest BCUT2D eigenvalue weighted by Crippen LogP contribution is -2.38. The molecule has 7 nitrogen and oxygen atoms in total. The molecule has 140 valence electrons. The summed E-state index contributed by atoms with van der Waals surface area (Å²) in [6.07, 6.45) is 0.968. The number of thiophene rings is 1. The van der Waals surface area contributed by atoms with Crippen LogP contribution in [0.1, 0.15) is 17.4 Å². The molecule has 1 saturated heterocycles. The fourth-order valence-electron chi connectivity index (χ4n) is 3.34. The molecule has 0 N–H and O–H groups in total. The molecule has 0 aromatic carbocycles. The van der Waals surface area contributed by atoms with Crippen LogP contribution in [0, 0.1) is 0 Å². The second-order valence-corrected chi connectivity index (χ2v) is 8.29. The maximum absolute atomic E-state index is 12.6. The number of thioether (sulfide) groups is 1. The van der Waals surface area contributed by atoms with E-state index in [2.05, 4.69) is 38.0 Å². The largest absolute Gasteiger partial charge is 0.378 e. The Morgan fingerprint density at radius 1 is 1.31 bits per heavy atom. The van der Waals surface area contributed by atoms with Gasteiger partial charge < -0.3 is 14.5 Å². The summed E-state index contributed by atoms with van der Waals surface area (Å²) in [7, 11) is 0. The quantitative estimate of drug-likeness (QED) is 0.723. The SMILES string of the molecule is CCn1c(SCC(=O)N2CCc3sccc3C2)nnc1N1CCOCC1. The lowest BCUT2D eigenvalue weighted by atomic mass is 10.1. The zero-order valence-corrected chi connectivity index (χ0v) is 16.5. The Morgan fingerprint density at radius 2 is 2.15 bits per heavy atom. The number of amides is 1. The van der Waals surface area contributed by atoms with Gasteiger partial charge in [0.2, 0.25) is 11.9 Å². The van der Waals surface area contributed by atoms with Crippen LogP contribution in [-0.2, 0) is 29.0 Å². The number of rotatable bonds is 5. The molecule has 0 aliphatic carbocycles. The van der Waals surface area contributed by atoms with Crippen LogP contribution in [-0.4, -0.2) is 64.2 Å². The third-order valence-electron chi connectivity index (χ3n) is 4.79. The molecule has 0 spiro atoms. The van der Waals surface area contributed by atoms with E-state index in [1.54, 1.807) is 11.3 Å². The zero-order chi connectivity index (χ0) is 17.9. The first-order chi connectivity index (χ1) is 12.8. The molecule has 0 atom stereocenters. The normalized spacial score (nSPS) is 17.4. The van der Waals surface area contributed by atoms with E-state index in [9.17, 15) is 4.79 Å². The van der Waals surface area contributed by atoms with Crippen LogP contribution >= 0.6 is 23.1 Å². The maximum atomic E-state index is 12.6. The van der Waals surface area contributed by atoms with Gasteiger partial charge in [-0.2, -0.15) is 0 Å². The van der Waals surface area contributed by atoms with Crippen molar-refractivity contribution in [3.63, 3.8) is 0 Å². The highest BCUT2D eigenvalue weighted by molar-refractivity contribution is 7.99. The first-order valence-corrected chi connectivity index (χ1v) is 10.8. The van der Waals surface area contributed by atoms with E-state index in [-0.39, 0.29) is 5.91 Å². The van der Waals surface area contributed by atoms with Crippen molar-refractivity contribution in [3.8, 4) is 0 Å². The molecule has 1 fully saturated rings. The minimum atomic E-state index is 0.172. The lowest BCUT2D eigenvalue weighted by molar-refractivity contribution is -0.129. The molecular weight excluding hydrogens is 370 g/mol.